The Hall–Kier alpha value is -2.15. The average molecular weight is 374 g/mol. The highest BCUT2D eigenvalue weighted by Gasteiger charge is 2.38. The van der Waals surface area contributed by atoms with Crippen molar-refractivity contribution in [1.29, 1.82) is 0 Å². The van der Waals surface area contributed by atoms with Gasteiger partial charge >= 0.3 is 11.8 Å². The van der Waals surface area contributed by atoms with Crippen molar-refractivity contribution in [3.8, 4) is 0 Å². The van der Waals surface area contributed by atoms with E-state index >= 15 is 0 Å². The summed E-state index contributed by atoms with van der Waals surface area (Å²) in [6, 6.07) is 1.88. The van der Waals surface area contributed by atoms with Gasteiger partial charge in [-0.1, -0.05) is 6.92 Å². The largest absolute Gasteiger partial charge is 0.383 e. The Labute approximate surface area is 161 Å². The maximum atomic E-state index is 13.0. The fourth-order valence-corrected chi connectivity index (χ4v) is 4.39. The standard InChI is InChI=1S/C20H31N5O2/c1-13-6-7-17(15-5-4-8-24(3)12-15)25(11-13)20(27)19(26)23-16-9-14(2)18(21)22-10-16/h9-10,13,15,17H,4-8,11-12H2,1-3H3,(H2,21,22)(H,23,26). The molecule has 3 N–H and O–H groups in total. The predicted octanol–water partition coefficient (Wildman–Crippen LogP) is 1.88. The van der Waals surface area contributed by atoms with Crippen molar-refractivity contribution in [3.05, 3.63) is 17.8 Å². The Balaban J connectivity index is 1.72. The van der Waals surface area contributed by atoms with Crippen LogP contribution < -0.4 is 11.1 Å². The molecule has 0 bridgehead atoms. The molecule has 0 aliphatic carbocycles. The highest BCUT2D eigenvalue weighted by molar-refractivity contribution is 6.39. The molecule has 1 aromatic rings. The van der Waals surface area contributed by atoms with Gasteiger partial charge in [-0.3, -0.25) is 9.59 Å². The monoisotopic (exact) mass is 373 g/mol. The normalized spacial score (nSPS) is 26.6. The molecule has 2 aliphatic rings. The zero-order chi connectivity index (χ0) is 19.6. The van der Waals surface area contributed by atoms with Gasteiger partial charge in [0, 0.05) is 19.1 Å². The van der Waals surface area contributed by atoms with Crippen LogP contribution in [0.15, 0.2) is 12.3 Å². The van der Waals surface area contributed by atoms with Crippen LogP contribution in [0.5, 0.6) is 0 Å². The van der Waals surface area contributed by atoms with Crippen LogP contribution in [0, 0.1) is 18.8 Å². The molecule has 2 fully saturated rings. The summed E-state index contributed by atoms with van der Waals surface area (Å²) in [7, 11) is 2.13. The van der Waals surface area contributed by atoms with Gasteiger partial charge in [-0.2, -0.15) is 0 Å². The summed E-state index contributed by atoms with van der Waals surface area (Å²) in [6.07, 6.45) is 5.84. The van der Waals surface area contributed by atoms with Crippen LogP contribution in [0.25, 0.3) is 0 Å². The Bertz CT molecular complexity index is 708. The van der Waals surface area contributed by atoms with Gasteiger partial charge in [0.2, 0.25) is 0 Å². The summed E-state index contributed by atoms with van der Waals surface area (Å²) in [5.74, 6) is 0.248. The van der Waals surface area contributed by atoms with Gasteiger partial charge < -0.3 is 20.9 Å². The van der Waals surface area contributed by atoms with Gasteiger partial charge in [0.25, 0.3) is 0 Å². The fraction of sp³-hybridized carbons (Fsp3) is 0.650. The molecule has 0 saturated carbocycles. The molecule has 27 heavy (non-hydrogen) atoms. The number of piperidine rings is 2. The first-order chi connectivity index (χ1) is 12.8. The quantitative estimate of drug-likeness (QED) is 0.773. The maximum Gasteiger partial charge on any atom is 0.313 e. The third-order valence-corrected chi connectivity index (χ3v) is 5.90. The summed E-state index contributed by atoms with van der Waals surface area (Å²) in [5.41, 5.74) is 6.99. The first-order valence-electron chi connectivity index (χ1n) is 9.87. The number of rotatable bonds is 2. The van der Waals surface area contributed by atoms with Crippen molar-refractivity contribution >= 4 is 23.3 Å². The minimum absolute atomic E-state index is 0.147. The first kappa shape index (κ1) is 19.6. The van der Waals surface area contributed by atoms with E-state index in [1.54, 1.807) is 6.07 Å². The van der Waals surface area contributed by atoms with E-state index in [0.29, 0.717) is 29.9 Å². The molecule has 2 amide bonds. The Kier molecular flexibility index (Phi) is 5.99. The van der Waals surface area contributed by atoms with E-state index in [1.165, 1.54) is 6.20 Å². The topological polar surface area (TPSA) is 91.6 Å². The number of anilines is 2. The third kappa shape index (κ3) is 4.58. The fourth-order valence-electron chi connectivity index (χ4n) is 4.39. The van der Waals surface area contributed by atoms with Gasteiger partial charge in [-0.05, 0) is 69.7 Å². The second-order valence-electron chi connectivity index (χ2n) is 8.25. The third-order valence-electron chi connectivity index (χ3n) is 5.90. The van der Waals surface area contributed by atoms with Crippen LogP contribution in [0.2, 0.25) is 0 Å². The van der Waals surface area contributed by atoms with Gasteiger partial charge in [-0.15, -0.1) is 0 Å². The Morgan fingerprint density at radius 1 is 1.26 bits per heavy atom. The number of carbonyl (C=O) groups excluding carboxylic acids is 2. The molecule has 0 spiro atoms. The van der Waals surface area contributed by atoms with Crippen molar-refractivity contribution < 1.29 is 9.59 Å². The molecule has 2 saturated heterocycles. The van der Waals surface area contributed by atoms with Crippen LogP contribution in [0.1, 0.15) is 38.2 Å². The summed E-state index contributed by atoms with van der Waals surface area (Å²) in [6.45, 7) is 6.72. The van der Waals surface area contributed by atoms with Crippen molar-refractivity contribution in [2.75, 3.05) is 37.7 Å². The molecule has 0 radical (unpaired) electrons. The summed E-state index contributed by atoms with van der Waals surface area (Å²) in [4.78, 5) is 33.8. The van der Waals surface area contributed by atoms with Crippen molar-refractivity contribution in [2.45, 2.75) is 45.6 Å². The minimum atomic E-state index is -0.593. The number of nitrogens with two attached hydrogens (primary N) is 1. The van der Waals surface area contributed by atoms with Crippen molar-refractivity contribution in [2.24, 2.45) is 11.8 Å². The van der Waals surface area contributed by atoms with E-state index in [4.69, 9.17) is 5.73 Å². The zero-order valence-corrected chi connectivity index (χ0v) is 16.6. The molecule has 148 valence electrons. The molecule has 0 aromatic carbocycles. The molecular weight excluding hydrogens is 342 g/mol. The molecule has 7 nitrogen and oxygen atoms in total. The first-order valence-corrected chi connectivity index (χ1v) is 9.87. The van der Waals surface area contributed by atoms with E-state index in [1.807, 2.05) is 11.8 Å². The Morgan fingerprint density at radius 2 is 2.04 bits per heavy atom. The highest BCUT2D eigenvalue weighted by atomic mass is 16.2. The number of amides is 2. The number of hydrogen-bond acceptors (Lipinski definition) is 5. The van der Waals surface area contributed by atoms with Crippen LogP contribution >= 0.6 is 0 Å². The smallest absolute Gasteiger partial charge is 0.313 e. The van der Waals surface area contributed by atoms with Gasteiger partial charge in [0.1, 0.15) is 5.82 Å². The van der Waals surface area contributed by atoms with Crippen molar-refractivity contribution in [3.63, 3.8) is 0 Å². The average Bonchev–Trinajstić information content (AvgIpc) is 2.64. The predicted molar refractivity (Wildman–Crippen MR) is 106 cm³/mol. The van der Waals surface area contributed by atoms with E-state index in [0.717, 1.165) is 44.3 Å². The summed E-state index contributed by atoms with van der Waals surface area (Å²) in [5, 5.41) is 2.70. The number of pyridine rings is 1. The van der Waals surface area contributed by atoms with E-state index < -0.39 is 11.8 Å². The Morgan fingerprint density at radius 3 is 2.74 bits per heavy atom. The number of aryl methyl sites for hydroxylation is 1. The minimum Gasteiger partial charge on any atom is -0.383 e. The highest BCUT2D eigenvalue weighted by Crippen LogP contribution is 2.31. The van der Waals surface area contributed by atoms with Gasteiger partial charge in [0.05, 0.1) is 11.9 Å². The molecule has 3 atom stereocenters. The molecule has 1 aromatic heterocycles. The number of nitrogens with one attached hydrogen (secondary N) is 1. The molecule has 3 rings (SSSR count). The van der Waals surface area contributed by atoms with Crippen LogP contribution in [0.3, 0.4) is 0 Å². The maximum absolute atomic E-state index is 13.0. The van der Waals surface area contributed by atoms with Crippen LogP contribution in [-0.2, 0) is 9.59 Å². The summed E-state index contributed by atoms with van der Waals surface area (Å²) < 4.78 is 0. The second-order valence-corrected chi connectivity index (χ2v) is 8.25. The lowest BCUT2D eigenvalue weighted by atomic mass is 9.82. The number of likely N-dealkylation sites (tertiary alicyclic amines) is 2. The second kappa shape index (κ2) is 8.25. The molecule has 7 heteroatoms. The lowest BCUT2D eigenvalue weighted by Gasteiger charge is -2.45. The number of aromatic nitrogens is 1. The van der Waals surface area contributed by atoms with Crippen LogP contribution in [-0.4, -0.2) is 59.3 Å². The number of nitrogen functional groups attached to an aromatic ring is 1. The number of carbonyl (C=O) groups is 2. The SMILES string of the molecule is Cc1cc(NC(=O)C(=O)N2CC(C)CCC2C2CCCN(C)C2)cnc1N. The van der Waals surface area contributed by atoms with E-state index in [9.17, 15) is 9.59 Å². The molecular formula is C20H31N5O2. The van der Waals surface area contributed by atoms with Crippen LogP contribution in [0.4, 0.5) is 11.5 Å². The number of nitrogens with zero attached hydrogens (tertiary/aromatic N) is 3. The van der Waals surface area contributed by atoms with E-state index in [-0.39, 0.29) is 6.04 Å². The van der Waals surface area contributed by atoms with Gasteiger partial charge in [0.15, 0.2) is 0 Å². The molecule has 3 heterocycles. The zero-order valence-electron chi connectivity index (χ0n) is 16.6. The summed E-state index contributed by atoms with van der Waals surface area (Å²) >= 11 is 0. The molecule has 2 aliphatic heterocycles. The van der Waals surface area contributed by atoms with Gasteiger partial charge in [-0.25, -0.2) is 4.98 Å². The number of hydrogen-bond donors (Lipinski definition) is 2. The van der Waals surface area contributed by atoms with Crippen molar-refractivity contribution in [1.82, 2.24) is 14.8 Å². The molecule has 3 unspecified atom stereocenters. The van der Waals surface area contributed by atoms with E-state index in [2.05, 4.69) is 29.2 Å². The lowest BCUT2D eigenvalue weighted by Crippen LogP contribution is -2.55. The lowest BCUT2D eigenvalue weighted by molar-refractivity contribution is -0.148.